The Morgan fingerprint density at radius 2 is 1.31 bits per heavy atom. The number of anilines is 3. The summed E-state index contributed by atoms with van der Waals surface area (Å²) in [5, 5.41) is 0. The van der Waals surface area contributed by atoms with Crippen LogP contribution in [-0.2, 0) is 6.42 Å². The van der Waals surface area contributed by atoms with E-state index in [0.717, 1.165) is 54.9 Å². The number of allylic oxidation sites excluding steroid dienone is 5. The topological polar surface area (TPSA) is 42.2 Å². The minimum atomic E-state index is -0.253. The number of hydrogen-bond acceptors (Lipinski definition) is 3. The maximum absolute atomic E-state index is 6.95. The Hall–Kier alpha value is -4.21. The number of pyridine rings is 1. The summed E-state index contributed by atoms with van der Waals surface area (Å²) in [6.45, 7) is 6.71. The molecular formula is C52H65N3. The molecule has 7 rings (SSSR count). The van der Waals surface area contributed by atoms with Gasteiger partial charge in [0.2, 0.25) is 0 Å². The van der Waals surface area contributed by atoms with Crippen molar-refractivity contribution in [3.05, 3.63) is 137 Å². The number of hydrogen-bond donors (Lipinski definition) is 1. The Morgan fingerprint density at radius 1 is 0.691 bits per heavy atom. The molecule has 1 aromatic heterocycles. The van der Waals surface area contributed by atoms with Crippen molar-refractivity contribution >= 4 is 22.8 Å². The lowest BCUT2D eigenvalue weighted by molar-refractivity contribution is 0.443. The Bertz CT molecular complexity index is 1850. The van der Waals surface area contributed by atoms with Gasteiger partial charge in [0.05, 0.1) is 0 Å². The van der Waals surface area contributed by atoms with Gasteiger partial charge in [-0.15, -0.1) is 0 Å². The predicted molar refractivity (Wildman–Crippen MR) is 237 cm³/mol. The molecule has 0 spiro atoms. The van der Waals surface area contributed by atoms with Gasteiger partial charge in [0.15, 0.2) is 0 Å². The van der Waals surface area contributed by atoms with Crippen LogP contribution in [-0.4, -0.2) is 10.5 Å². The van der Waals surface area contributed by atoms with E-state index in [-0.39, 0.29) is 5.54 Å². The Labute approximate surface area is 332 Å². The molecule has 4 aromatic rings. The van der Waals surface area contributed by atoms with Crippen LogP contribution in [0, 0.1) is 0 Å². The van der Waals surface area contributed by atoms with Gasteiger partial charge in [-0.05, 0) is 146 Å². The summed E-state index contributed by atoms with van der Waals surface area (Å²) < 4.78 is 0. The maximum atomic E-state index is 6.95. The summed E-state index contributed by atoms with van der Waals surface area (Å²) in [5.41, 5.74) is 19.6. The molecule has 55 heavy (non-hydrogen) atoms. The molecule has 0 radical (unpaired) electrons. The van der Waals surface area contributed by atoms with Gasteiger partial charge in [-0.25, -0.2) is 4.98 Å². The van der Waals surface area contributed by atoms with Gasteiger partial charge in [-0.2, -0.15) is 0 Å². The number of benzene rings is 3. The third-order valence-electron chi connectivity index (χ3n) is 13.2. The quantitative estimate of drug-likeness (QED) is 0.149. The lowest BCUT2D eigenvalue weighted by Gasteiger charge is -2.30. The normalized spacial score (nSPS) is 17.3. The molecule has 3 aliphatic rings. The lowest BCUT2D eigenvalue weighted by atomic mass is 9.81. The molecule has 0 bridgehead atoms. The molecule has 3 aliphatic carbocycles. The molecule has 3 nitrogen and oxygen atoms in total. The Kier molecular flexibility index (Phi) is 13.2. The van der Waals surface area contributed by atoms with Crippen molar-refractivity contribution in [2.45, 2.75) is 147 Å². The highest BCUT2D eigenvalue weighted by Gasteiger charge is 2.25. The first-order valence-electron chi connectivity index (χ1n) is 22.0. The van der Waals surface area contributed by atoms with Gasteiger partial charge < -0.3 is 5.73 Å². The fourth-order valence-corrected chi connectivity index (χ4v) is 9.45. The van der Waals surface area contributed by atoms with Crippen molar-refractivity contribution < 1.29 is 0 Å². The zero-order valence-corrected chi connectivity index (χ0v) is 34.0. The van der Waals surface area contributed by atoms with E-state index in [4.69, 9.17) is 10.7 Å². The van der Waals surface area contributed by atoms with Gasteiger partial charge >= 0.3 is 0 Å². The Morgan fingerprint density at radius 3 is 1.85 bits per heavy atom. The van der Waals surface area contributed by atoms with Gasteiger partial charge in [-0.1, -0.05) is 138 Å². The zero-order valence-electron chi connectivity index (χ0n) is 34.0. The molecule has 0 saturated heterocycles. The standard InChI is InChI=1S/C52H65N3/c1-4-7-16-39-23-35-49(50(37-39)44-21-14-15-22-46(30-24-44)52(53,5-2)6-3)45-29-36-51(54-38-45)55(47-31-25-42(26-32-47)40-17-10-8-11-18-40)48-33-27-43(28-34-48)41-19-12-9-13-20-41/h14,21,23-38,40-41H,4-13,15-20,22,53H2,1-3H3. The largest absolute Gasteiger partial charge is 0.322 e. The fraction of sp³-hybridized carbons (Fsp3) is 0.442. The van der Waals surface area contributed by atoms with E-state index in [9.17, 15) is 0 Å². The average Bonchev–Trinajstić information content (AvgIpc) is 3.24. The molecular weight excluding hydrogens is 667 g/mol. The van der Waals surface area contributed by atoms with Crippen LogP contribution < -0.4 is 10.6 Å². The third kappa shape index (κ3) is 9.26. The van der Waals surface area contributed by atoms with E-state index in [1.807, 2.05) is 0 Å². The van der Waals surface area contributed by atoms with Crippen LogP contribution in [0.3, 0.4) is 0 Å². The zero-order chi connectivity index (χ0) is 38.0. The summed E-state index contributed by atoms with van der Waals surface area (Å²) in [5.74, 6) is 2.32. The number of aromatic nitrogens is 1. The molecule has 3 aromatic carbocycles. The number of unbranched alkanes of at least 4 members (excludes halogenated alkanes) is 1. The molecule has 288 valence electrons. The van der Waals surface area contributed by atoms with Gasteiger partial charge in [0, 0.05) is 28.7 Å². The fourth-order valence-electron chi connectivity index (χ4n) is 9.45. The van der Waals surface area contributed by atoms with Crippen LogP contribution in [0.2, 0.25) is 0 Å². The molecule has 2 fully saturated rings. The predicted octanol–water partition coefficient (Wildman–Crippen LogP) is 14.8. The first kappa shape index (κ1) is 39.0. The van der Waals surface area contributed by atoms with E-state index in [1.165, 1.54) is 116 Å². The Balaban J connectivity index is 1.25. The summed E-state index contributed by atoms with van der Waals surface area (Å²) in [6.07, 6.45) is 32.2. The van der Waals surface area contributed by atoms with Crippen LogP contribution in [0.25, 0.3) is 16.7 Å². The number of aryl methyl sites for hydroxylation is 1. The van der Waals surface area contributed by atoms with E-state index >= 15 is 0 Å². The summed E-state index contributed by atoms with van der Waals surface area (Å²) in [4.78, 5) is 7.60. The van der Waals surface area contributed by atoms with E-state index in [1.54, 1.807) is 0 Å². The number of nitrogens with two attached hydrogens (primary N) is 1. The summed E-state index contributed by atoms with van der Waals surface area (Å²) >= 11 is 0. The lowest BCUT2D eigenvalue weighted by Crippen LogP contribution is -2.40. The minimum absolute atomic E-state index is 0.253. The van der Waals surface area contributed by atoms with Crippen molar-refractivity contribution in [3.63, 3.8) is 0 Å². The minimum Gasteiger partial charge on any atom is -0.322 e. The van der Waals surface area contributed by atoms with Crippen LogP contribution >= 0.6 is 0 Å². The van der Waals surface area contributed by atoms with Crippen LogP contribution in [0.5, 0.6) is 0 Å². The highest BCUT2D eigenvalue weighted by atomic mass is 15.2. The van der Waals surface area contributed by atoms with Crippen molar-refractivity contribution in [2.24, 2.45) is 5.73 Å². The molecule has 0 atom stereocenters. The van der Waals surface area contributed by atoms with Crippen LogP contribution in [0.4, 0.5) is 17.2 Å². The highest BCUT2D eigenvalue weighted by molar-refractivity contribution is 5.87. The van der Waals surface area contributed by atoms with Crippen molar-refractivity contribution in [1.29, 1.82) is 0 Å². The average molecular weight is 732 g/mol. The maximum Gasteiger partial charge on any atom is 0.137 e. The molecule has 1 heterocycles. The van der Waals surface area contributed by atoms with Crippen molar-refractivity contribution in [2.75, 3.05) is 4.90 Å². The van der Waals surface area contributed by atoms with E-state index in [0.29, 0.717) is 11.8 Å². The van der Waals surface area contributed by atoms with E-state index in [2.05, 4.69) is 135 Å². The second-order valence-electron chi connectivity index (χ2n) is 16.7. The van der Waals surface area contributed by atoms with Crippen molar-refractivity contribution in [1.82, 2.24) is 4.98 Å². The second kappa shape index (κ2) is 18.6. The smallest absolute Gasteiger partial charge is 0.137 e. The molecule has 0 amide bonds. The van der Waals surface area contributed by atoms with Gasteiger partial charge in [-0.3, -0.25) is 4.90 Å². The summed E-state index contributed by atoms with van der Waals surface area (Å²) in [7, 11) is 0. The SMILES string of the molecule is CCCCc1ccc(-c2ccc(N(c3ccc(C4CCCCC4)cc3)c3ccc(C4CCCCC4)cc3)nc2)c(C2=CC=C(C(N)(CC)CC)CCC=C2)c1. The monoisotopic (exact) mass is 732 g/mol. The summed E-state index contributed by atoms with van der Waals surface area (Å²) in [6, 6.07) is 30.4. The number of rotatable bonds is 13. The molecule has 0 aliphatic heterocycles. The number of nitrogens with zero attached hydrogens (tertiary/aromatic N) is 2. The van der Waals surface area contributed by atoms with Gasteiger partial charge in [0.25, 0.3) is 0 Å². The third-order valence-corrected chi connectivity index (χ3v) is 13.2. The molecule has 3 heteroatoms. The van der Waals surface area contributed by atoms with E-state index < -0.39 is 0 Å². The molecule has 2 N–H and O–H groups in total. The van der Waals surface area contributed by atoms with Crippen LogP contribution in [0.1, 0.15) is 158 Å². The first-order valence-corrected chi connectivity index (χ1v) is 22.0. The van der Waals surface area contributed by atoms with Crippen molar-refractivity contribution in [3.8, 4) is 11.1 Å². The molecule has 0 unspecified atom stereocenters. The highest BCUT2D eigenvalue weighted by Crippen LogP contribution is 2.40. The molecule has 2 saturated carbocycles. The second-order valence-corrected chi connectivity index (χ2v) is 16.7. The first-order chi connectivity index (χ1) is 27.0. The van der Waals surface area contributed by atoms with Crippen LogP contribution in [0.15, 0.2) is 115 Å². The van der Waals surface area contributed by atoms with Gasteiger partial charge in [0.1, 0.15) is 5.82 Å².